The van der Waals surface area contributed by atoms with E-state index in [0.29, 0.717) is 43.0 Å². The van der Waals surface area contributed by atoms with Gasteiger partial charge in [0.2, 0.25) is 5.88 Å². The number of para-hydroxylation sites is 1. The maximum Gasteiger partial charge on any atom is 0.317 e. The number of aromatic nitrogens is 2. The lowest BCUT2D eigenvalue weighted by molar-refractivity contribution is 0.106. The van der Waals surface area contributed by atoms with Crippen LogP contribution < -0.4 is 10.1 Å². The van der Waals surface area contributed by atoms with Gasteiger partial charge >= 0.3 is 6.03 Å². The minimum absolute atomic E-state index is 0.0107. The molecule has 146 valence electrons. The second-order valence-corrected chi connectivity index (χ2v) is 6.83. The summed E-state index contributed by atoms with van der Waals surface area (Å²) in [6.07, 6.45) is 6.21. The van der Waals surface area contributed by atoms with Crippen molar-refractivity contribution in [3.05, 3.63) is 54.4 Å². The van der Waals surface area contributed by atoms with Gasteiger partial charge in [-0.2, -0.15) is 0 Å². The molecule has 0 saturated carbocycles. The molecule has 7 nitrogen and oxygen atoms in total. The number of amides is 2. The van der Waals surface area contributed by atoms with Gasteiger partial charge in [0.25, 0.3) is 0 Å². The molecule has 0 aliphatic carbocycles. The lowest BCUT2D eigenvalue weighted by Gasteiger charge is -2.32. The molecule has 8 heteroatoms. The molecule has 3 heterocycles. The summed E-state index contributed by atoms with van der Waals surface area (Å²) >= 11 is 0. The van der Waals surface area contributed by atoms with Gasteiger partial charge < -0.3 is 19.4 Å². The van der Waals surface area contributed by atoms with Gasteiger partial charge in [-0.05, 0) is 19.1 Å². The van der Waals surface area contributed by atoms with Crippen LogP contribution in [0.25, 0.3) is 11.0 Å². The van der Waals surface area contributed by atoms with Crippen LogP contribution >= 0.6 is 0 Å². The van der Waals surface area contributed by atoms with Gasteiger partial charge in [-0.25, -0.2) is 14.2 Å². The Bertz CT molecular complexity index is 954. The van der Waals surface area contributed by atoms with Crippen molar-refractivity contribution >= 4 is 17.0 Å². The molecule has 1 N–H and O–H groups in total. The van der Waals surface area contributed by atoms with Crippen LogP contribution in [0.2, 0.25) is 0 Å². The van der Waals surface area contributed by atoms with Crippen molar-refractivity contribution < 1.29 is 18.3 Å². The summed E-state index contributed by atoms with van der Waals surface area (Å²) in [5.41, 5.74) is 0.209. The van der Waals surface area contributed by atoms with Crippen molar-refractivity contribution in [1.82, 2.24) is 20.2 Å². The number of hydrogen-bond donors (Lipinski definition) is 1. The summed E-state index contributed by atoms with van der Waals surface area (Å²) in [5, 5.41) is 3.60. The monoisotopic (exact) mass is 384 g/mol. The summed E-state index contributed by atoms with van der Waals surface area (Å²) in [6, 6.07) is 5.98. The van der Waals surface area contributed by atoms with Gasteiger partial charge in [0, 0.05) is 43.7 Å². The van der Waals surface area contributed by atoms with E-state index in [0.717, 1.165) is 0 Å². The highest BCUT2D eigenvalue weighted by molar-refractivity contribution is 5.79. The maximum absolute atomic E-state index is 13.8. The van der Waals surface area contributed by atoms with Crippen LogP contribution in [-0.4, -0.2) is 40.1 Å². The molecule has 2 aromatic heterocycles. The molecule has 1 aliphatic rings. The fourth-order valence-corrected chi connectivity index (χ4v) is 3.30. The second kappa shape index (κ2) is 7.84. The number of benzene rings is 1. The Morgan fingerprint density at radius 3 is 2.89 bits per heavy atom. The van der Waals surface area contributed by atoms with E-state index in [1.165, 1.54) is 6.07 Å². The number of piperidine rings is 1. The zero-order valence-electron chi connectivity index (χ0n) is 15.5. The van der Waals surface area contributed by atoms with Crippen LogP contribution in [-0.2, 0) is 0 Å². The quantitative estimate of drug-likeness (QED) is 0.742. The number of carbonyl (C=O) groups excluding carboxylic acids is 1. The first-order valence-corrected chi connectivity index (χ1v) is 9.26. The van der Waals surface area contributed by atoms with Gasteiger partial charge in [0.1, 0.15) is 11.9 Å². The van der Waals surface area contributed by atoms with Crippen LogP contribution in [0, 0.1) is 5.82 Å². The van der Waals surface area contributed by atoms with Crippen molar-refractivity contribution in [1.29, 1.82) is 0 Å². The zero-order chi connectivity index (χ0) is 19.5. The topological polar surface area (TPSA) is 80.5 Å². The summed E-state index contributed by atoms with van der Waals surface area (Å²) < 4.78 is 25.2. The number of rotatable bonds is 4. The van der Waals surface area contributed by atoms with Crippen LogP contribution in [0.5, 0.6) is 5.88 Å². The first kappa shape index (κ1) is 18.2. The summed E-state index contributed by atoms with van der Waals surface area (Å²) in [6.45, 7) is 2.98. The van der Waals surface area contributed by atoms with E-state index in [9.17, 15) is 9.18 Å². The Morgan fingerprint density at radius 1 is 1.36 bits per heavy atom. The first-order valence-electron chi connectivity index (χ1n) is 9.26. The highest BCUT2D eigenvalue weighted by Crippen LogP contribution is 2.26. The van der Waals surface area contributed by atoms with E-state index in [4.69, 9.17) is 9.15 Å². The van der Waals surface area contributed by atoms with E-state index >= 15 is 0 Å². The van der Waals surface area contributed by atoms with E-state index in [-0.39, 0.29) is 23.8 Å². The maximum atomic E-state index is 13.8. The number of urea groups is 1. The van der Waals surface area contributed by atoms with Crippen molar-refractivity contribution in [2.24, 2.45) is 0 Å². The molecule has 28 heavy (non-hydrogen) atoms. The van der Waals surface area contributed by atoms with E-state index in [2.05, 4.69) is 15.3 Å². The third kappa shape index (κ3) is 3.90. The number of fused-ring (bicyclic) bond motifs is 1. The molecule has 0 spiro atoms. The molecule has 3 aromatic rings. The van der Waals surface area contributed by atoms with Crippen molar-refractivity contribution in [2.45, 2.75) is 31.9 Å². The van der Waals surface area contributed by atoms with Gasteiger partial charge in [0.05, 0.1) is 12.2 Å². The van der Waals surface area contributed by atoms with E-state index < -0.39 is 5.82 Å². The number of furan rings is 1. The molecule has 1 aromatic carbocycles. The third-order valence-electron chi connectivity index (χ3n) is 4.84. The number of nitrogens with zero attached hydrogens (tertiary/aromatic N) is 3. The molecule has 1 saturated heterocycles. The zero-order valence-corrected chi connectivity index (χ0v) is 15.5. The van der Waals surface area contributed by atoms with Crippen LogP contribution in [0.15, 0.2) is 47.3 Å². The molecule has 1 aliphatic heterocycles. The van der Waals surface area contributed by atoms with Crippen molar-refractivity contribution in [2.75, 3.05) is 13.1 Å². The Kier molecular flexibility index (Phi) is 5.10. The summed E-state index contributed by atoms with van der Waals surface area (Å²) in [5.74, 6) is 0.609. The van der Waals surface area contributed by atoms with Crippen molar-refractivity contribution in [3.63, 3.8) is 0 Å². The van der Waals surface area contributed by atoms with Gasteiger partial charge in [-0.15, -0.1) is 0 Å². The van der Waals surface area contributed by atoms with E-state index in [1.54, 1.807) is 41.7 Å². The molecular formula is C20H21FN4O3. The molecule has 0 bridgehead atoms. The molecular weight excluding hydrogens is 363 g/mol. The Labute approximate surface area is 161 Å². The average Bonchev–Trinajstić information content (AvgIpc) is 3.15. The third-order valence-corrected chi connectivity index (χ3v) is 4.84. The smallest absolute Gasteiger partial charge is 0.317 e. The second-order valence-electron chi connectivity index (χ2n) is 6.83. The fourth-order valence-electron chi connectivity index (χ4n) is 3.30. The molecule has 2 amide bonds. The highest BCUT2D eigenvalue weighted by atomic mass is 19.1. The Hall–Kier alpha value is -3.16. The minimum atomic E-state index is -0.410. The number of carbonyl (C=O) groups is 1. The standard InChI is InChI=1S/C20H21FN4O3/c1-13(17-11-14-3-2-4-16(21)19(14)28-17)24-20(26)25-9-5-15(6-10-25)27-18-12-22-7-8-23-18/h2-4,7-8,11-13,15H,5-6,9-10H2,1H3,(H,24,26)/t13-/m1/s1. The van der Waals surface area contributed by atoms with Crippen LogP contribution in [0.4, 0.5) is 9.18 Å². The number of hydrogen-bond acceptors (Lipinski definition) is 5. The highest BCUT2D eigenvalue weighted by Gasteiger charge is 2.26. The molecule has 4 rings (SSSR count). The van der Waals surface area contributed by atoms with Gasteiger partial charge in [-0.1, -0.05) is 12.1 Å². The van der Waals surface area contributed by atoms with Crippen molar-refractivity contribution in [3.8, 4) is 5.88 Å². The van der Waals surface area contributed by atoms with Crippen LogP contribution in [0.3, 0.4) is 0 Å². The van der Waals surface area contributed by atoms with Gasteiger partial charge in [-0.3, -0.25) is 4.98 Å². The molecule has 0 radical (unpaired) electrons. The lowest BCUT2D eigenvalue weighted by Crippen LogP contribution is -2.47. The predicted octanol–water partition coefficient (Wildman–Crippen LogP) is 3.68. The van der Waals surface area contributed by atoms with Crippen LogP contribution in [0.1, 0.15) is 31.6 Å². The molecule has 0 unspecified atom stereocenters. The largest absolute Gasteiger partial charge is 0.473 e. The minimum Gasteiger partial charge on any atom is -0.473 e. The normalized spacial score (nSPS) is 16.1. The lowest BCUT2D eigenvalue weighted by atomic mass is 10.1. The number of ether oxygens (including phenoxy) is 1. The average molecular weight is 384 g/mol. The predicted molar refractivity (Wildman–Crippen MR) is 100 cm³/mol. The Balaban J connectivity index is 1.32. The van der Waals surface area contributed by atoms with E-state index in [1.807, 2.05) is 6.92 Å². The number of nitrogens with one attached hydrogen (secondary N) is 1. The number of halogens is 1. The SMILES string of the molecule is C[C@@H](NC(=O)N1CCC(Oc2cnccn2)CC1)c1cc2cccc(F)c2o1. The molecule has 1 fully saturated rings. The first-order chi connectivity index (χ1) is 13.6. The summed E-state index contributed by atoms with van der Waals surface area (Å²) in [4.78, 5) is 22.4. The van der Waals surface area contributed by atoms with Gasteiger partial charge in [0.15, 0.2) is 11.4 Å². The number of likely N-dealkylation sites (tertiary alicyclic amines) is 1. The molecule has 1 atom stereocenters. The fraction of sp³-hybridized carbons (Fsp3) is 0.350. The Morgan fingerprint density at radius 2 is 2.18 bits per heavy atom. The summed E-state index contributed by atoms with van der Waals surface area (Å²) in [7, 11) is 0.